The highest BCUT2D eigenvalue weighted by Gasteiger charge is 2.45. The van der Waals surface area contributed by atoms with E-state index in [0.29, 0.717) is 0 Å². The van der Waals surface area contributed by atoms with Crippen molar-refractivity contribution in [3.05, 3.63) is 34.4 Å². The van der Waals surface area contributed by atoms with E-state index in [0.717, 1.165) is 13.2 Å². The number of methoxy groups -OCH3 is 1. The minimum absolute atomic E-state index is 0.161. The molecular formula is C12H10F6O2. The van der Waals surface area contributed by atoms with Crippen molar-refractivity contribution in [1.29, 1.82) is 0 Å². The molecule has 0 saturated heterocycles. The van der Waals surface area contributed by atoms with Crippen LogP contribution in [0.2, 0.25) is 0 Å². The van der Waals surface area contributed by atoms with Gasteiger partial charge < -0.3 is 4.74 Å². The van der Waals surface area contributed by atoms with Crippen LogP contribution in [0.3, 0.4) is 0 Å². The van der Waals surface area contributed by atoms with Crippen molar-refractivity contribution in [2.75, 3.05) is 7.11 Å². The Bertz CT molecular complexity index is 516. The van der Waals surface area contributed by atoms with E-state index in [1.54, 1.807) is 0 Å². The molecule has 1 rings (SSSR count). The highest BCUT2D eigenvalue weighted by molar-refractivity contribution is 5.90. The summed E-state index contributed by atoms with van der Waals surface area (Å²) in [6.45, 7) is 1.27. The van der Waals surface area contributed by atoms with Gasteiger partial charge in [0.15, 0.2) is 0 Å². The van der Waals surface area contributed by atoms with Crippen LogP contribution < -0.4 is 0 Å². The van der Waals surface area contributed by atoms with E-state index in [1.165, 1.54) is 6.92 Å². The average Bonchev–Trinajstić information content (AvgIpc) is 2.33. The molecule has 0 radical (unpaired) electrons. The highest BCUT2D eigenvalue weighted by atomic mass is 19.4. The number of alkyl halides is 6. The molecule has 0 aliphatic rings. The third-order valence-corrected chi connectivity index (χ3v) is 2.61. The van der Waals surface area contributed by atoms with Crippen LogP contribution in [0.25, 0.3) is 0 Å². The van der Waals surface area contributed by atoms with Crippen LogP contribution in [0.1, 0.15) is 34.0 Å². The van der Waals surface area contributed by atoms with Crippen LogP contribution in [0.15, 0.2) is 12.1 Å². The summed E-state index contributed by atoms with van der Waals surface area (Å²) in [6, 6.07) is 0.928. The van der Waals surface area contributed by atoms with E-state index < -0.39 is 40.6 Å². The molecule has 0 saturated carbocycles. The molecule has 20 heavy (non-hydrogen) atoms. The number of aryl methyl sites for hydroxylation is 1. The Morgan fingerprint density at radius 2 is 1.65 bits per heavy atom. The number of carbonyl (C=O) groups is 1. The lowest BCUT2D eigenvalue weighted by molar-refractivity contribution is -0.162. The van der Waals surface area contributed by atoms with E-state index in [-0.39, 0.29) is 12.5 Å². The maximum atomic E-state index is 12.8. The van der Waals surface area contributed by atoms with Crippen LogP contribution in [-0.2, 0) is 23.5 Å². The largest absolute Gasteiger partial charge is 0.465 e. The van der Waals surface area contributed by atoms with Crippen molar-refractivity contribution in [2.24, 2.45) is 0 Å². The van der Waals surface area contributed by atoms with Crippen LogP contribution in [0.5, 0.6) is 0 Å². The summed E-state index contributed by atoms with van der Waals surface area (Å²) >= 11 is 0. The molecule has 1 aromatic rings. The molecule has 0 aliphatic heterocycles. The van der Waals surface area contributed by atoms with E-state index in [9.17, 15) is 31.1 Å². The lowest BCUT2D eigenvalue weighted by Gasteiger charge is -2.19. The van der Waals surface area contributed by atoms with Gasteiger partial charge in [-0.05, 0) is 24.1 Å². The molecule has 0 heterocycles. The van der Waals surface area contributed by atoms with Gasteiger partial charge in [-0.1, -0.05) is 6.92 Å². The smallest absolute Gasteiger partial charge is 0.417 e. The van der Waals surface area contributed by atoms with Crippen molar-refractivity contribution in [1.82, 2.24) is 0 Å². The number of benzene rings is 1. The summed E-state index contributed by atoms with van der Waals surface area (Å²) < 4.78 is 81.1. The molecule has 0 N–H and O–H groups in total. The number of hydrogen-bond donors (Lipinski definition) is 0. The second kappa shape index (κ2) is 5.34. The number of ether oxygens (including phenoxy) is 1. The van der Waals surface area contributed by atoms with Crippen molar-refractivity contribution >= 4 is 5.97 Å². The third-order valence-electron chi connectivity index (χ3n) is 2.61. The lowest BCUT2D eigenvalue weighted by atomic mass is 9.95. The normalized spacial score (nSPS) is 12.4. The maximum Gasteiger partial charge on any atom is 0.417 e. The van der Waals surface area contributed by atoms with Crippen LogP contribution in [-0.4, -0.2) is 13.1 Å². The van der Waals surface area contributed by atoms with Crippen molar-refractivity contribution in [3.8, 4) is 0 Å². The maximum absolute atomic E-state index is 12.8. The second-order valence-corrected chi connectivity index (χ2v) is 3.90. The minimum Gasteiger partial charge on any atom is -0.465 e. The molecule has 0 atom stereocenters. The molecule has 0 fully saturated rings. The van der Waals surface area contributed by atoms with Crippen LogP contribution in [0, 0.1) is 0 Å². The number of rotatable bonds is 2. The Morgan fingerprint density at radius 1 is 1.10 bits per heavy atom. The minimum atomic E-state index is -5.22. The number of esters is 1. The summed E-state index contributed by atoms with van der Waals surface area (Å²) in [6.07, 6.45) is -10.7. The summed E-state index contributed by atoms with van der Waals surface area (Å²) in [5, 5.41) is 0. The first kappa shape index (κ1) is 16.3. The van der Waals surface area contributed by atoms with E-state index in [2.05, 4.69) is 4.74 Å². The number of hydrogen-bond acceptors (Lipinski definition) is 2. The summed E-state index contributed by atoms with van der Waals surface area (Å²) in [5.41, 5.74) is -4.82. The molecule has 112 valence electrons. The topological polar surface area (TPSA) is 26.3 Å². The van der Waals surface area contributed by atoms with E-state index in [4.69, 9.17) is 0 Å². The Hall–Kier alpha value is -1.73. The molecule has 0 spiro atoms. The molecule has 0 amide bonds. The average molecular weight is 300 g/mol. The predicted molar refractivity (Wildman–Crippen MR) is 57.2 cm³/mol. The first-order valence-electron chi connectivity index (χ1n) is 5.42. The van der Waals surface area contributed by atoms with Gasteiger partial charge in [0.05, 0.1) is 23.8 Å². The predicted octanol–water partition coefficient (Wildman–Crippen LogP) is 4.07. The molecule has 0 aliphatic carbocycles. The van der Waals surface area contributed by atoms with Crippen molar-refractivity contribution < 1.29 is 35.9 Å². The second-order valence-electron chi connectivity index (χ2n) is 3.90. The van der Waals surface area contributed by atoms with Crippen molar-refractivity contribution in [3.63, 3.8) is 0 Å². The zero-order valence-electron chi connectivity index (χ0n) is 10.4. The molecule has 8 heteroatoms. The van der Waals surface area contributed by atoms with Crippen LogP contribution in [0.4, 0.5) is 26.3 Å². The summed E-state index contributed by atoms with van der Waals surface area (Å²) in [5.74, 6) is -1.13. The van der Waals surface area contributed by atoms with Gasteiger partial charge in [0.1, 0.15) is 0 Å². The molecule has 1 aromatic carbocycles. The number of carbonyl (C=O) groups excluding carboxylic acids is 1. The quantitative estimate of drug-likeness (QED) is 0.608. The number of halogens is 6. The standard InChI is InChI=1S/C12H10F6O2/c1-3-6-4-7(10(19)20-2)5-8(11(13,14)15)9(6)12(16,17)18/h4-5H,3H2,1-2H3. The fourth-order valence-electron chi connectivity index (χ4n) is 1.78. The molecule has 0 aromatic heterocycles. The van der Waals surface area contributed by atoms with Crippen LogP contribution >= 0.6 is 0 Å². The van der Waals surface area contributed by atoms with Crippen molar-refractivity contribution in [2.45, 2.75) is 25.7 Å². The fourth-order valence-corrected chi connectivity index (χ4v) is 1.78. The monoisotopic (exact) mass is 300 g/mol. The molecular weight excluding hydrogens is 290 g/mol. The van der Waals surface area contributed by atoms with Gasteiger partial charge in [-0.2, -0.15) is 26.3 Å². The van der Waals surface area contributed by atoms with Gasteiger partial charge in [0.25, 0.3) is 0 Å². The Kier molecular flexibility index (Phi) is 4.36. The van der Waals surface area contributed by atoms with Gasteiger partial charge in [0, 0.05) is 0 Å². The van der Waals surface area contributed by atoms with Gasteiger partial charge in [0.2, 0.25) is 0 Å². The van der Waals surface area contributed by atoms with Gasteiger partial charge >= 0.3 is 18.3 Å². The lowest BCUT2D eigenvalue weighted by Crippen LogP contribution is -2.20. The van der Waals surface area contributed by atoms with E-state index >= 15 is 0 Å². The zero-order chi connectivity index (χ0) is 15.7. The third kappa shape index (κ3) is 3.23. The first-order valence-corrected chi connectivity index (χ1v) is 5.42. The van der Waals surface area contributed by atoms with Gasteiger partial charge in [-0.15, -0.1) is 0 Å². The summed E-state index contributed by atoms with van der Waals surface area (Å²) in [7, 11) is 0.929. The SMILES string of the molecule is CCc1cc(C(=O)OC)cc(C(F)(F)F)c1C(F)(F)F. The van der Waals surface area contributed by atoms with Gasteiger partial charge in [-0.3, -0.25) is 0 Å². The van der Waals surface area contributed by atoms with E-state index in [1.807, 2.05) is 0 Å². The van der Waals surface area contributed by atoms with Gasteiger partial charge in [-0.25, -0.2) is 4.79 Å². The molecule has 0 unspecified atom stereocenters. The first-order chi connectivity index (χ1) is 9.02. The zero-order valence-corrected chi connectivity index (χ0v) is 10.4. The Morgan fingerprint density at radius 3 is 2.00 bits per heavy atom. The fraction of sp³-hybridized carbons (Fsp3) is 0.417. The summed E-state index contributed by atoms with van der Waals surface area (Å²) in [4.78, 5) is 11.3. The molecule has 2 nitrogen and oxygen atoms in total. The Labute approximate surface area is 110 Å². The highest BCUT2D eigenvalue weighted by Crippen LogP contribution is 2.42. The Balaban J connectivity index is 3.70. The molecule has 0 bridgehead atoms.